The summed E-state index contributed by atoms with van der Waals surface area (Å²) in [5.41, 5.74) is 7.44. The summed E-state index contributed by atoms with van der Waals surface area (Å²) in [6, 6.07) is 21.8. The van der Waals surface area contributed by atoms with E-state index in [1.165, 1.54) is 17.5 Å². The number of aromatic nitrogens is 4. The molecule has 5 nitrogen and oxygen atoms in total. The molecule has 7 rings (SSSR count). The molecule has 0 N–H and O–H groups in total. The zero-order valence-corrected chi connectivity index (χ0v) is 24.7. The van der Waals surface area contributed by atoms with Crippen molar-refractivity contribution >= 4 is 34.0 Å². The maximum Gasteiger partial charge on any atom is 0.224 e. The minimum Gasteiger partial charge on any atom is -0.329 e. The average molecular weight is 580 g/mol. The summed E-state index contributed by atoms with van der Waals surface area (Å²) in [6.07, 6.45) is 13.3. The molecule has 0 radical (unpaired) electrons. The van der Waals surface area contributed by atoms with Crippen molar-refractivity contribution in [1.82, 2.24) is 24.4 Å². The van der Waals surface area contributed by atoms with Crippen LogP contribution >= 0.6 is 22.9 Å². The smallest absolute Gasteiger partial charge is 0.224 e. The molecule has 7 heteroatoms. The standard InChI is InChI=1S/C34H34ClN5S/c35-34-36-20-30-31(33-37-28(23-41-33)18-25-10-5-2-6-11-25)22-40(32(30)38-34)29-14-13-26(19-29)27-12-7-16-39(21-27)17-15-24-8-3-1-4-9-24/h1-6,8-12,20,22-23,26,29H,7,13-19,21H2. The Bertz CT molecular complexity index is 1660. The van der Waals surface area contributed by atoms with Gasteiger partial charge < -0.3 is 4.57 Å². The van der Waals surface area contributed by atoms with Gasteiger partial charge in [0.2, 0.25) is 5.28 Å². The van der Waals surface area contributed by atoms with Crippen LogP contribution in [0.25, 0.3) is 21.6 Å². The first-order valence-corrected chi connectivity index (χ1v) is 15.9. The van der Waals surface area contributed by atoms with Crippen molar-refractivity contribution in [3.05, 3.63) is 112 Å². The number of rotatable bonds is 8. The fourth-order valence-corrected chi connectivity index (χ4v) is 7.55. The first-order valence-electron chi connectivity index (χ1n) is 14.7. The average Bonchev–Trinajstić information content (AvgIpc) is 3.76. The Kier molecular flexibility index (Phi) is 7.70. The molecule has 1 fully saturated rings. The summed E-state index contributed by atoms with van der Waals surface area (Å²) < 4.78 is 2.37. The molecule has 2 aliphatic rings. The van der Waals surface area contributed by atoms with E-state index in [2.05, 4.69) is 92.8 Å². The molecular weight excluding hydrogens is 546 g/mol. The molecule has 1 aliphatic heterocycles. The van der Waals surface area contributed by atoms with Crippen LogP contribution in [0.1, 0.15) is 48.5 Å². The molecule has 5 aromatic rings. The van der Waals surface area contributed by atoms with Crippen molar-refractivity contribution in [3.8, 4) is 10.6 Å². The zero-order chi connectivity index (χ0) is 27.6. The largest absolute Gasteiger partial charge is 0.329 e. The van der Waals surface area contributed by atoms with Crippen LogP contribution in [0.4, 0.5) is 0 Å². The molecule has 2 atom stereocenters. The van der Waals surface area contributed by atoms with Crippen LogP contribution in [-0.2, 0) is 12.8 Å². The lowest BCUT2D eigenvalue weighted by atomic mass is 9.93. The lowest BCUT2D eigenvalue weighted by molar-refractivity contribution is 0.281. The number of fused-ring (bicyclic) bond motifs is 1. The number of hydrogen-bond donors (Lipinski definition) is 0. The summed E-state index contributed by atoms with van der Waals surface area (Å²) in [7, 11) is 0. The number of thiazole rings is 1. The summed E-state index contributed by atoms with van der Waals surface area (Å²) >= 11 is 8.02. The van der Waals surface area contributed by atoms with Crippen molar-refractivity contribution in [1.29, 1.82) is 0 Å². The predicted octanol–water partition coefficient (Wildman–Crippen LogP) is 8.02. The van der Waals surface area contributed by atoms with Gasteiger partial charge in [0.15, 0.2) is 0 Å². The molecule has 41 heavy (non-hydrogen) atoms. The molecule has 0 bridgehead atoms. The highest BCUT2D eigenvalue weighted by Gasteiger charge is 2.32. The van der Waals surface area contributed by atoms with E-state index >= 15 is 0 Å². The molecular formula is C34H34ClN5S. The quantitative estimate of drug-likeness (QED) is 0.138. The zero-order valence-electron chi connectivity index (χ0n) is 23.1. The minimum absolute atomic E-state index is 0.297. The summed E-state index contributed by atoms with van der Waals surface area (Å²) in [6.45, 7) is 3.38. The van der Waals surface area contributed by atoms with Crippen LogP contribution in [-0.4, -0.2) is 44.1 Å². The van der Waals surface area contributed by atoms with Gasteiger partial charge in [0.1, 0.15) is 10.7 Å². The van der Waals surface area contributed by atoms with Crippen molar-refractivity contribution in [2.24, 2.45) is 5.92 Å². The predicted molar refractivity (Wildman–Crippen MR) is 169 cm³/mol. The molecule has 208 valence electrons. The molecule has 2 aromatic carbocycles. The van der Waals surface area contributed by atoms with Gasteiger partial charge >= 0.3 is 0 Å². The van der Waals surface area contributed by atoms with Gasteiger partial charge in [-0.25, -0.2) is 9.97 Å². The van der Waals surface area contributed by atoms with Gasteiger partial charge in [-0.3, -0.25) is 4.90 Å². The fourth-order valence-electron chi connectivity index (χ4n) is 6.57. The van der Waals surface area contributed by atoms with Gasteiger partial charge in [-0.1, -0.05) is 72.3 Å². The van der Waals surface area contributed by atoms with E-state index in [0.717, 1.165) is 79.0 Å². The third-order valence-electron chi connectivity index (χ3n) is 8.69. The van der Waals surface area contributed by atoms with E-state index in [-0.39, 0.29) is 0 Å². The third kappa shape index (κ3) is 5.87. The van der Waals surface area contributed by atoms with Crippen molar-refractivity contribution in [2.75, 3.05) is 19.6 Å². The van der Waals surface area contributed by atoms with E-state index in [1.54, 1.807) is 16.9 Å². The Morgan fingerprint density at radius 1 is 0.951 bits per heavy atom. The van der Waals surface area contributed by atoms with Crippen LogP contribution < -0.4 is 0 Å². The van der Waals surface area contributed by atoms with E-state index in [9.17, 15) is 0 Å². The highest BCUT2D eigenvalue weighted by atomic mass is 35.5. The Hall–Kier alpha value is -3.32. The summed E-state index contributed by atoms with van der Waals surface area (Å²) in [5.74, 6) is 0.620. The highest BCUT2D eigenvalue weighted by Crippen LogP contribution is 2.43. The van der Waals surface area contributed by atoms with Gasteiger partial charge in [0.05, 0.1) is 5.69 Å². The highest BCUT2D eigenvalue weighted by molar-refractivity contribution is 7.13. The maximum atomic E-state index is 6.32. The second-order valence-corrected chi connectivity index (χ2v) is 12.6. The molecule has 0 amide bonds. The summed E-state index contributed by atoms with van der Waals surface area (Å²) in [5, 5.41) is 4.52. The monoisotopic (exact) mass is 579 g/mol. The van der Waals surface area contributed by atoms with Crippen LogP contribution in [0.3, 0.4) is 0 Å². The van der Waals surface area contributed by atoms with Crippen LogP contribution in [0.15, 0.2) is 90.1 Å². The van der Waals surface area contributed by atoms with Crippen molar-refractivity contribution < 1.29 is 0 Å². The molecule has 0 spiro atoms. The van der Waals surface area contributed by atoms with Crippen LogP contribution in [0.2, 0.25) is 5.28 Å². The number of nitrogens with zero attached hydrogens (tertiary/aromatic N) is 5. The molecule has 1 saturated carbocycles. The molecule has 1 aliphatic carbocycles. The van der Waals surface area contributed by atoms with Gasteiger partial charge in [-0.05, 0) is 60.7 Å². The Morgan fingerprint density at radius 2 is 1.76 bits per heavy atom. The van der Waals surface area contributed by atoms with Crippen molar-refractivity contribution in [2.45, 2.75) is 44.6 Å². The lowest BCUT2D eigenvalue weighted by Gasteiger charge is -2.30. The Labute approximate surface area is 250 Å². The van der Waals surface area contributed by atoms with E-state index in [1.807, 2.05) is 6.20 Å². The third-order valence-corrected chi connectivity index (χ3v) is 9.80. The van der Waals surface area contributed by atoms with Crippen molar-refractivity contribution in [3.63, 3.8) is 0 Å². The number of hydrogen-bond acceptors (Lipinski definition) is 5. The normalized spacial score (nSPS) is 19.6. The number of benzene rings is 2. The Balaban J connectivity index is 1.08. The molecule has 3 aromatic heterocycles. The first kappa shape index (κ1) is 26.6. The topological polar surface area (TPSA) is 46.8 Å². The Morgan fingerprint density at radius 3 is 2.59 bits per heavy atom. The molecule has 0 saturated heterocycles. The van der Waals surface area contributed by atoms with Gasteiger partial charge in [-0.15, -0.1) is 11.3 Å². The minimum atomic E-state index is 0.297. The van der Waals surface area contributed by atoms with E-state index in [0.29, 0.717) is 17.2 Å². The van der Waals surface area contributed by atoms with Crippen LogP contribution in [0.5, 0.6) is 0 Å². The van der Waals surface area contributed by atoms with Gasteiger partial charge in [-0.2, -0.15) is 4.98 Å². The number of halogens is 1. The SMILES string of the molecule is Clc1ncc2c(-c3nc(Cc4ccccc4)cs3)cn(C3CCC(C4=CCCN(CCc5ccccc5)C4)C3)c2n1. The summed E-state index contributed by atoms with van der Waals surface area (Å²) in [4.78, 5) is 16.7. The van der Waals surface area contributed by atoms with E-state index < -0.39 is 0 Å². The van der Waals surface area contributed by atoms with Gasteiger partial charge in [0, 0.05) is 60.8 Å². The van der Waals surface area contributed by atoms with Crippen LogP contribution in [0, 0.1) is 5.92 Å². The second-order valence-electron chi connectivity index (χ2n) is 11.4. The van der Waals surface area contributed by atoms with E-state index in [4.69, 9.17) is 21.6 Å². The van der Waals surface area contributed by atoms with Gasteiger partial charge in [0.25, 0.3) is 0 Å². The molecule has 4 heterocycles. The fraction of sp³-hybridized carbons (Fsp3) is 0.324. The maximum absolute atomic E-state index is 6.32. The lowest BCUT2D eigenvalue weighted by Crippen LogP contribution is -2.33. The molecule has 2 unspecified atom stereocenters. The first-order chi connectivity index (χ1) is 20.2. The second kappa shape index (κ2) is 11.9.